The molecular formula is C10H18N6OS. The Labute approximate surface area is 110 Å². The molecule has 100 valence electrons. The molecule has 1 saturated carbocycles. The van der Waals surface area contributed by atoms with Crippen LogP contribution in [0.1, 0.15) is 39.2 Å². The normalized spacial score (nSPS) is 20.4. The van der Waals surface area contributed by atoms with Crippen molar-refractivity contribution in [2.45, 2.75) is 55.1 Å². The van der Waals surface area contributed by atoms with Crippen LogP contribution in [0.25, 0.3) is 0 Å². The van der Waals surface area contributed by atoms with Gasteiger partial charge < -0.3 is 11.5 Å². The van der Waals surface area contributed by atoms with Crippen LogP contribution in [0, 0.1) is 0 Å². The second-order valence-corrected chi connectivity index (χ2v) is 6.46. The number of nitrogens with two attached hydrogens (primary N) is 2. The highest BCUT2D eigenvalue weighted by Crippen LogP contribution is 2.37. The summed E-state index contributed by atoms with van der Waals surface area (Å²) in [6.45, 7) is 3.64. The van der Waals surface area contributed by atoms with Gasteiger partial charge in [0.2, 0.25) is 11.1 Å². The lowest BCUT2D eigenvalue weighted by atomic mass is 9.97. The monoisotopic (exact) mass is 270 g/mol. The van der Waals surface area contributed by atoms with E-state index in [-0.39, 0.29) is 5.25 Å². The van der Waals surface area contributed by atoms with Crippen molar-refractivity contribution in [1.29, 1.82) is 0 Å². The number of hydrogen-bond acceptors (Lipinski definition) is 6. The molecule has 1 aliphatic carbocycles. The summed E-state index contributed by atoms with van der Waals surface area (Å²) in [5.74, 6) is -0.489. The summed E-state index contributed by atoms with van der Waals surface area (Å²) < 4.78 is 1.85. The maximum Gasteiger partial charge on any atom is 0.237 e. The minimum absolute atomic E-state index is 0.121. The third-order valence-electron chi connectivity index (χ3n) is 2.94. The molecule has 2 unspecified atom stereocenters. The summed E-state index contributed by atoms with van der Waals surface area (Å²) in [5, 5.41) is 12.6. The molecule has 1 fully saturated rings. The summed E-state index contributed by atoms with van der Waals surface area (Å²) in [6.07, 6.45) is 2.75. The molecule has 0 aliphatic heterocycles. The van der Waals surface area contributed by atoms with Gasteiger partial charge in [0.25, 0.3) is 0 Å². The van der Waals surface area contributed by atoms with E-state index < -0.39 is 11.4 Å². The number of hydrogen-bond donors (Lipinski definition) is 2. The number of amides is 1. The van der Waals surface area contributed by atoms with E-state index in [0.717, 1.165) is 18.0 Å². The Morgan fingerprint density at radius 2 is 2.33 bits per heavy atom. The predicted octanol–water partition coefficient (Wildman–Crippen LogP) is 0.0814. The zero-order chi connectivity index (χ0) is 13.3. The minimum Gasteiger partial charge on any atom is -0.368 e. The van der Waals surface area contributed by atoms with Crippen LogP contribution in [0.4, 0.5) is 0 Å². The Morgan fingerprint density at radius 1 is 1.67 bits per heavy atom. The van der Waals surface area contributed by atoms with Gasteiger partial charge in [-0.3, -0.25) is 4.79 Å². The van der Waals surface area contributed by atoms with Crippen LogP contribution in [0.15, 0.2) is 5.16 Å². The summed E-state index contributed by atoms with van der Waals surface area (Å²) in [5.41, 5.74) is 10.1. The van der Waals surface area contributed by atoms with Gasteiger partial charge in [-0.2, -0.15) is 0 Å². The second kappa shape index (κ2) is 4.85. The highest BCUT2D eigenvalue weighted by Gasteiger charge is 2.31. The number of carbonyl (C=O) groups excluding carboxylic acids is 1. The SMILES string of the molecule is CC(CC(C)(N)C(N)=O)Sc1nnnn1C1CC1. The molecule has 8 heteroatoms. The molecule has 1 aromatic heterocycles. The van der Waals surface area contributed by atoms with Gasteiger partial charge in [-0.15, -0.1) is 5.10 Å². The van der Waals surface area contributed by atoms with Crippen molar-refractivity contribution in [3.63, 3.8) is 0 Å². The van der Waals surface area contributed by atoms with Crippen molar-refractivity contribution in [2.24, 2.45) is 11.5 Å². The van der Waals surface area contributed by atoms with E-state index in [2.05, 4.69) is 15.5 Å². The highest BCUT2D eigenvalue weighted by molar-refractivity contribution is 7.99. The number of carbonyl (C=O) groups is 1. The Kier molecular flexibility index (Phi) is 3.58. The molecule has 1 aliphatic rings. The number of rotatable bonds is 6. The van der Waals surface area contributed by atoms with Gasteiger partial charge in [-0.25, -0.2) is 4.68 Å². The van der Waals surface area contributed by atoms with Gasteiger partial charge in [-0.05, 0) is 36.6 Å². The molecule has 2 rings (SSSR count). The molecule has 0 saturated heterocycles. The molecule has 4 N–H and O–H groups in total. The average Bonchev–Trinajstić information content (AvgIpc) is 2.99. The highest BCUT2D eigenvalue weighted by atomic mass is 32.2. The third-order valence-corrected chi connectivity index (χ3v) is 3.98. The Morgan fingerprint density at radius 3 is 2.89 bits per heavy atom. The van der Waals surface area contributed by atoms with Gasteiger partial charge >= 0.3 is 0 Å². The van der Waals surface area contributed by atoms with E-state index in [4.69, 9.17) is 11.5 Å². The van der Waals surface area contributed by atoms with Gasteiger partial charge in [0.05, 0.1) is 11.6 Å². The van der Waals surface area contributed by atoms with E-state index in [1.807, 2.05) is 11.6 Å². The smallest absolute Gasteiger partial charge is 0.237 e. The second-order valence-electron chi connectivity index (χ2n) is 5.05. The molecule has 1 aromatic rings. The third kappa shape index (κ3) is 2.99. The van der Waals surface area contributed by atoms with E-state index in [1.54, 1.807) is 6.92 Å². The van der Waals surface area contributed by atoms with E-state index in [9.17, 15) is 4.79 Å². The van der Waals surface area contributed by atoms with Crippen molar-refractivity contribution in [1.82, 2.24) is 20.2 Å². The molecular weight excluding hydrogens is 252 g/mol. The van der Waals surface area contributed by atoms with Crippen LogP contribution in [0.5, 0.6) is 0 Å². The van der Waals surface area contributed by atoms with Crippen LogP contribution in [0.2, 0.25) is 0 Å². The van der Waals surface area contributed by atoms with Crippen LogP contribution < -0.4 is 11.5 Å². The molecule has 0 bridgehead atoms. The lowest BCUT2D eigenvalue weighted by Gasteiger charge is -2.23. The Balaban J connectivity index is 1.96. The van der Waals surface area contributed by atoms with Crippen LogP contribution in [0.3, 0.4) is 0 Å². The van der Waals surface area contributed by atoms with Crippen LogP contribution in [-0.2, 0) is 4.79 Å². The van der Waals surface area contributed by atoms with E-state index in [1.165, 1.54) is 11.8 Å². The summed E-state index contributed by atoms with van der Waals surface area (Å²) >= 11 is 1.53. The lowest BCUT2D eigenvalue weighted by Crippen LogP contribution is -2.50. The number of aromatic nitrogens is 4. The fourth-order valence-electron chi connectivity index (χ4n) is 1.73. The van der Waals surface area contributed by atoms with Crippen molar-refractivity contribution >= 4 is 17.7 Å². The van der Waals surface area contributed by atoms with Gasteiger partial charge in [0, 0.05) is 5.25 Å². The Hall–Kier alpha value is -1.15. The molecule has 1 amide bonds. The van der Waals surface area contributed by atoms with E-state index >= 15 is 0 Å². The summed E-state index contributed by atoms with van der Waals surface area (Å²) in [4.78, 5) is 11.2. The first-order valence-corrected chi connectivity index (χ1v) is 6.81. The molecule has 0 radical (unpaired) electrons. The number of tetrazole rings is 1. The summed E-state index contributed by atoms with van der Waals surface area (Å²) in [7, 11) is 0. The quantitative estimate of drug-likeness (QED) is 0.708. The molecule has 2 atom stereocenters. The van der Waals surface area contributed by atoms with Crippen LogP contribution in [-0.4, -0.2) is 36.9 Å². The van der Waals surface area contributed by atoms with Crippen molar-refractivity contribution < 1.29 is 4.79 Å². The van der Waals surface area contributed by atoms with Crippen LogP contribution >= 0.6 is 11.8 Å². The Bertz CT molecular complexity index is 441. The van der Waals surface area contributed by atoms with E-state index in [0.29, 0.717) is 12.5 Å². The number of primary amides is 1. The molecule has 1 heterocycles. The van der Waals surface area contributed by atoms with Crippen molar-refractivity contribution in [3.05, 3.63) is 0 Å². The first-order valence-electron chi connectivity index (χ1n) is 5.93. The maximum absolute atomic E-state index is 11.2. The maximum atomic E-state index is 11.2. The minimum atomic E-state index is -0.996. The fourth-order valence-corrected chi connectivity index (χ4v) is 2.90. The molecule has 7 nitrogen and oxygen atoms in total. The largest absolute Gasteiger partial charge is 0.368 e. The number of thioether (sulfide) groups is 1. The van der Waals surface area contributed by atoms with Gasteiger partial charge in [0.15, 0.2) is 0 Å². The zero-order valence-corrected chi connectivity index (χ0v) is 11.4. The zero-order valence-electron chi connectivity index (χ0n) is 10.5. The first-order chi connectivity index (χ1) is 8.40. The molecule has 0 aromatic carbocycles. The predicted molar refractivity (Wildman–Crippen MR) is 67.8 cm³/mol. The molecule has 0 spiro atoms. The fraction of sp³-hybridized carbons (Fsp3) is 0.800. The van der Waals surface area contributed by atoms with Crippen molar-refractivity contribution in [2.75, 3.05) is 0 Å². The van der Waals surface area contributed by atoms with Crippen molar-refractivity contribution in [3.8, 4) is 0 Å². The topological polar surface area (TPSA) is 113 Å². The first kappa shape index (κ1) is 13.3. The summed E-state index contributed by atoms with van der Waals surface area (Å²) in [6, 6.07) is 0.440. The number of nitrogens with zero attached hydrogens (tertiary/aromatic N) is 4. The standard InChI is InChI=1S/C10H18N6OS/c1-6(5-10(2,12)8(11)17)18-9-13-14-15-16(9)7-3-4-7/h6-7H,3-5,12H2,1-2H3,(H2,11,17). The lowest BCUT2D eigenvalue weighted by molar-refractivity contribution is -0.122. The molecule has 18 heavy (non-hydrogen) atoms. The average molecular weight is 270 g/mol. The van der Waals surface area contributed by atoms with Gasteiger partial charge in [-0.1, -0.05) is 18.7 Å². The van der Waals surface area contributed by atoms with Gasteiger partial charge in [0.1, 0.15) is 0 Å².